The fraction of sp³-hybridized carbons (Fsp3) is 0.500. The van der Waals surface area contributed by atoms with Gasteiger partial charge in [0.05, 0.1) is 5.54 Å². The summed E-state index contributed by atoms with van der Waals surface area (Å²) in [5, 5.41) is 6.49. The molecule has 4 heteroatoms. The molecule has 1 aromatic rings. The Hall–Kier alpha value is -1.22. The van der Waals surface area contributed by atoms with Gasteiger partial charge >= 0.3 is 6.03 Å². The van der Waals surface area contributed by atoms with Crippen LogP contribution in [-0.4, -0.2) is 12.6 Å². The Morgan fingerprint density at radius 3 is 2.33 bits per heavy atom. The Labute approximate surface area is 114 Å². The molecule has 3 nitrogen and oxygen atoms in total. The quantitative estimate of drug-likeness (QED) is 0.862. The molecular weight excluding hydrogens is 248 g/mol. The van der Waals surface area contributed by atoms with E-state index < -0.39 is 5.54 Å². The lowest BCUT2D eigenvalue weighted by Gasteiger charge is -2.27. The summed E-state index contributed by atoms with van der Waals surface area (Å²) in [4.78, 5) is 11.8. The van der Waals surface area contributed by atoms with Crippen molar-refractivity contribution >= 4 is 17.6 Å². The second-order valence-electron chi connectivity index (χ2n) is 5.36. The minimum Gasteiger partial charge on any atom is -0.338 e. The van der Waals surface area contributed by atoms with E-state index in [-0.39, 0.29) is 6.03 Å². The van der Waals surface area contributed by atoms with Crippen LogP contribution in [0.5, 0.6) is 0 Å². The first-order valence-electron chi connectivity index (χ1n) is 6.13. The van der Waals surface area contributed by atoms with Gasteiger partial charge in [0.15, 0.2) is 0 Å². The highest BCUT2D eigenvalue weighted by molar-refractivity contribution is 6.30. The number of amides is 2. The summed E-state index contributed by atoms with van der Waals surface area (Å²) in [5.74, 6) is 0.439. The van der Waals surface area contributed by atoms with Crippen LogP contribution in [0.3, 0.4) is 0 Å². The van der Waals surface area contributed by atoms with Gasteiger partial charge in [-0.05, 0) is 37.5 Å². The first-order chi connectivity index (χ1) is 8.31. The number of rotatable bonds is 4. The van der Waals surface area contributed by atoms with Crippen molar-refractivity contribution < 1.29 is 4.79 Å². The van der Waals surface area contributed by atoms with Crippen LogP contribution in [0.25, 0.3) is 0 Å². The molecule has 0 saturated carbocycles. The standard InChI is InChI=1S/C14H21ClN2O/c1-10(2)9-16-13(18)17-14(3,4)11-5-7-12(15)8-6-11/h5-8,10H,9H2,1-4H3,(H2,16,17,18). The van der Waals surface area contributed by atoms with Gasteiger partial charge in [0.1, 0.15) is 0 Å². The van der Waals surface area contributed by atoms with E-state index in [1.165, 1.54) is 0 Å². The summed E-state index contributed by atoms with van der Waals surface area (Å²) in [6.07, 6.45) is 0. The third-order valence-corrected chi connectivity index (χ3v) is 2.91. The third-order valence-electron chi connectivity index (χ3n) is 2.66. The maximum Gasteiger partial charge on any atom is 0.315 e. The fourth-order valence-corrected chi connectivity index (χ4v) is 1.69. The van der Waals surface area contributed by atoms with Crippen molar-refractivity contribution in [3.8, 4) is 0 Å². The maximum absolute atomic E-state index is 11.8. The van der Waals surface area contributed by atoms with Gasteiger partial charge in [-0.1, -0.05) is 37.6 Å². The van der Waals surface area contributed by atoms with Gasteiger partial charge in [-0.15, -0.1) is 0 Å². The van der Waals surface area contributed by atoms with Crippen molar-refractivity contribution in [3.63, 3.8) is 0 Å². The average Bonchev–Trinajstić information content (AvgIpc) is 2.26. The number of halogens is 1. The van der Waals surface area contributed by atoms with Crippen LogP contribution >= 0.6 is 11.6 Å². The van der Waals surface area contributed by atoms with Crippen LogP contribution in [0.1, 0.15) is 33.3 Å². The molecule has 100 valence electrons. The SMILES string of the molecule is CC(C)CNC(=O)NC(C)(C)c1ccc(Cl)cc1. The molecule has 0 spiro atoms. The normalized spacial score (nSPS) is 11.4. The summed E-state index contributed by atoms with van der Waals surface area (Å²) in [5.41, 5.74) is 0.595. The molecule has 2 amide bonds. The molecule has 0 unspecified atom stereocenters. The monoisotopic (exact) mass is 268 g/mol. The molecule has 0 aliphatic heterocycles. The maximum atomic E-state index is 11.8. The minimum absolute atomic E-state index is 0.149. The van der Waals surface area contributed by atoms with Crippen molar-refractivity contribution in [2.75, 3.05) is 6.54 Å². The molecule has 0 heterocycles. The molecule has 1 rings (SSSR count). The molecule has 0 atom stereocenters. The molecule has 0 bridgehead atoms. The van der Waals surface area contributed by atoms with Crippen LogP contribution in [0.4, 0.5) is 4.79 Å². The Bertz CT molecular complexity index is 399. The molecule has 1 aromatic carbocycles. The molecular formula is C14H21ClN2O. The summed E-state index contributed by atoms with van der Waals surface area (Å²) in [6.45, 7) is 8.72. The molecule has 0 aliphatic rings. The first-order valence-corrected chi connectivity index (χ1v) is 6.51. The van der Waals surface area contributed by atoms with Crippen LogP contribution in [0.2, 0.25) is 5.02 Å². The average molecular weight is 269 g/mol. The molecule has 2 N–H and O–H groups in total. The number of hydrogen-bond donors (Lipinski definition) is 2. The van der Waals surface area contributed by atoms with Gasteiger partial charge in [0, 0.05) is 11.6 Å². The van der Waals surface area contributed by atoms with Crippen molar-refractivity contribution in [2.24, 2.45) is 5.92 Å². The van der Waals surface area contributed by atoms with Crippen molar-refractivity contribution in [1.82, 2.24) is 10.6 Å². The van der Waals surface area contributed by atoms with Gasteiger partial charge in [0.25, 0.3) is 0 Å². The van der Waals surface area contributed by atoms with Crippen LogP contribution < -0.4 is 10.6 Å². The lowest BCUT2D eigenvalue weighted by molar-refractivity contribution is 0.228. The predicted octanol–water partition coefficient (Wildman–Crippen LogP) is 3.53. The van der Waals surface area contributed by atoms with E-state index >= 15 is 0 Å². The number of nitrogens with one attached hydrogen (secondary N) is 2. The zero-order chi connectivity index (χ0) is 13.8. The Morgan fingerprint density at radius 1 is 1.28 bits per heavy atom. The van der Waals surface area contributed by atoms with E-state index in [9.17, 15) is 4.79 Å². The number of hydrogen-bond acceptors (Lipinski definition) is 1. The van der Waals surface area contributed by atoms with E-state index in [0.717, 1.165) is 5.56 Å². The zero-order valence-electron chi connectivity index (χ0n) is 11.4. The second-order valence-corrected chi connectivity index (χ2v) is 5.80. The first kappa shape index (κ1) is 14.8. The zero-order valence-corrected chi connectivity index (χ0v) is 12.1. The lowest BCUT2D eigenvalue weighted by atomic mass is 9.94. The molecule has 0 aromatic heterocycles. The highest BCUT2D eigenvalue weighted by atomic mass is 35.5. The fourth-order valence-electron chi connectivity index (χ4n) is 1.56. The van der Waals surface area contributed by atoms with Gasteiger partial charge < -0.3 is 10.6 Å². The van der Waals surface area contributed by atoms with E-state index in [1.807, 2.05) is 38.1 Å². The van der Waals surface area contributed by atoms with E-state index in [0.29, 0.717) is 17.5 Å². The Kier molecular flexibility index (Phi) is 5.03. The minimum atomic E-state index is -0.425. The molecule has 0 aliphatic carbocycles. The molecule has 0 radical (unpaired) electrons. The van der Waals surface area contributed by atoms with Gasteiger partial charge in [-0.2, -0.15) is 0 Å². The van der Waals surface area contributed by atoms with Gasteiger partial charge in [-0.3, -0.25) is 0 Å². The summed E-state index contributed by atoms with van der Waals surface area (Å²) >= 11 is 5.85. The topological polar surface area (TPSA) is 41.1 Å². The summed E-state index contributed by atoms with van der Waals surface area (Å²) in [7, 11) is 0. The van der Waals surface area contributed by atoms with Gasteiger partial charge in [-0.25, -0.2) is 4.79 Å². The van der Waals surface area contributed by atoms with Crippen molar-refractivity contribution in [3.05, 3.63) is 34.9 Å². The van der Waals surface area contributed by atoms with Crippen LogP contribution in [0.15, 0.2) is 24.3 Å². The van der Waals surface area contributed by atoms with Crippen LogP contribution in [0, 0.1) is 5.92 Å². The summed E-state index contributed by atoms with van der Waals surface area (Å²) < 4.78 is 0. The Balaban J connectivity index is 2.63. The largest absolute Gasteiger partial charge is 0.338 e. The Morgan fingerprint density at radius 2 is 1.83 bits per heavy atom. The van der Waals surface area contributed by atoms with Crippen LogP contribution in [-0.2, 0) is 5.54 Å². The van der Waals surface area contributed by atoms with E-state index in [1.54, 1.807) is 0 Å². The number of urea groups is 1. The third kappa shape index (κ3) is 4.57. The lowest BCUT2D eigenvalue weighted by Crippen LogP contribution is -2.47. The highest BCUT2D eigenvalue weighted by Crippen LogP contribution is 2.21. The smallest absolute Gasteiger partial charge is 0.315 e. The number of carbonyl (C=O) groups excluding carboxylic acids is 1. The number of benzene rings is 1. The molecule has 0 saturated heterocycles. The van der Waals surface area contributed by atoms with Crippen molar-refractivity contribution in [1.29, 1.82) is 0 Å². The van der Waals surface area contributed by atoms with Crippen molar-refractivity contribution in [2.45, 2.75) is 33.2 Å². The molecule has 18 heavy (non-hydrogen) atoms. The van der Waals surface area contributed by atoms with E-state index in [4.69, 9.17) is 11.6 Å². The second kappa shape index (κ2) is 6.10. The number of carbonyl (C=O) groups is 1. The predicted molar refractivity (Wildman–Crippen MR) is 75.9 cm³/mol. The summed E-state index contributed by atoms with van der Waals surface area (Å²) in [6, 6.07) is 7.35. The van der Waals surface area contributed by atoms with Gasteiger partial charge in [0.2, 0.25) is 0 Å². The van der Waals surface area contributed by atoms with E-state index in [2.05, 4.69) is 24.5 Å². The molecule has 0 fully saturated rings. The highest BCUT2D eigenvalue weighted by Gasteiger charge is 2.22.